The number of aromatic nitrogens is 1. The number of rotatable bonds is 4. The molecule has 0 spiro atoms. The molecule has 5 rings (SSSR count). The highest BCUT2D eigenvalue weighted by Crippen LogP contribution is 2.25. The Kier molecular flexibility index (Phi) is 8.16. The van der Waals surface area contributed by atoms with Crippen LogP contribution in [0, 0.1) is 0 Å². The van der Waals surface area contributed by atoms with Gasteiger partial charge in [-0.05, 0) is 47.0 Å². The van der Waals surface area contributed by atoms with Gasteiger partial charge >= 0.3 is 0 Å². The Morgan fingerprint density at radius 1 is 0.921 bits per heavy atom. The molecular weight excluding hydrogens is 478 g/mol. The van der Waals surface area contributed by atoms with Crippen LogP contribution < -0.4 is 14.8 Å². The molecule has 0 saturated heterocycles. The number of methoxy groups -OCH3 is 1. The first-order chi connectivity index (χ1) is 18.7. The van der Waals surface area contributed by atoms with Crippen molar-refractivity contribution in [2.45, 2.75) is 13.0 Å². The Hall–Kier alpha value is -4.36. The molecule has 1 aromatic heterocycles. The van der Waals surface area contributed by atoms with Gasteiger partial charge in [-0.3, -0.25) is 4.79 Å². The molecule has 2 heterocycles. The lowest BCUT2D eigenvalue weighted by molar-refractivity contribution is 0.0572. The van der Waals surface area contributed by atoms with Crippen molar-refractivity contribution in [3.05, 3.63) is 113 Å². The molecule has 0 unspecified atom stereocenters. The fourth-order valence-corrected chi connectivity index (χ4v) is 4.49. The van der Waals surface area contributed by atoms with Gasteiger partial charge in [0.1, 0.15) is 23.9 Å². The molecule has 0 aliphatic carbocycles. The van der Waals surface area contributed by atoms with Crippen molar-refractivity contribution in [3.63, 3.8) is 0 Å². The lowest BCUT2D eigenvalue weighted by atomic mass is 10.0. The highest BCUT2D eigenvalue weighted by molar-refractivity contribution is 5.99. The first-order valence-corrected chi connectivity index (χ1v) is 12.7. The average molecular weight is 510 g/mol. The zero-order chi connectivity index (χ0) is 26.2. The van der Waals surface area contributed by atoms with E-state index < -0.39 is 0 Å². The summed E-state index contributed by atoms with van der Waals surface area (Å²) in [6.45, 7) is 2.18. The van der Waals surface area contributed by atoms with Crippen molar-refractivity contribution < 1.29 is 19.0 Å². The monoisotopic (exact) mass is 509 g/mol. The molecule has 1 N–H and O–H groups in total. The van der Waals surface area contributed by atoms with Crippen LogP contribution in [-0.4, -0.2) is 49.3 Å². The molecule has 0 fully saturated rings. The number of fused-ring (bicyclic) bond motifs is 3. The Bertz CT molecular complexity index is 1390. The van der Waals surface area contributed by atoms with Crippen molar-refractivity contribution >= 4 is 17.4 Å². The topological polar surface area (TPSA) is 72.9 Å². The molecule has 2 bridgehead atoms. The predicted molar refractivity (Wildman–Crippen MR) is 147 cm³/mol. The maximum atomic E-state index is 13.9. The van der Waals surface area contributed by atoms with Gasteiger partial charge in [0.2, 0.25) is 0 Å². The van der Waals surface area contributed by atoms with E-state index in [0.29, 0.717) is 44.3 Å². The molecule has 1 aliphatic heterocycles. The number of hydrogen-bond acceptors (Lipinski definition) is 6. The number of pyridine rings is 1. The third-order valence-electron chi connectivity index (χ3n) is 6.38. The quantitative estimate of drug-likeness (QED) is 0.393. The van der Waals surface area contributed by atoms with Gasteiger partial charge < -0.3 is 24.4 Å². The number of anilines is 2. The van der Waals surface area contributed by atoms with Gasteiger partial charge in [0.05, 0.1) is 25.9 Å². The zero-order valence-corrected chi connectivity index (χ0v) is 21.4. The van der Waals surface area contributed by atoms with Crippen LogP contribution in [-0.2, 0) is 17.7 Å². The second kappa shape index (κ2) is 12.3. The van der Waals surface area contributed by atoms with Crippen LogP contribution in [0.25, 0.3) is 0 Å². The van der Waals surface area contributed by atoms with Crippen LogP contribution in [0.2, 0.25) is 0 Å². The molecule has 3 aromatic carbocycles. The van der Waals surface area contributed by atoms with Crippen LogP contribution in [0.1, 0.15) is 27.0 Å². The molecule has 0 radical (unpaired) electrons. The largest absolute Gasteiger partial charge is 0.497 e. The number of carbonyl (C=O) groups excluding carboxylic acids is 1. The minimum absolute atomic E-state index is 0.119. The number of para-hydroxylation sites is 1. The first-order valence-electron chi connectivity index (χ1n) is 12.7. The van der Waals surface area contributed by atoms with E-state index in [2.05, 4.69) is 34.6 Å². The Morgan fingerprint density at radius 3 is 2.71 bits per heavy atom. The van der Waals surface area contributed by atoms with Gasteiger partial charge in [0.25, 0.3) is 5.91 Å². The van der Waals surface area contributed by atoms with Gasteiger partial charge in [0, 0.05) is 37.5 Å². The highest BCUT2D eigenvalue weighted by Gasteiger charge is 2.21. The van der Waals surface area contributed by atoms with Crippen LogP contribution in [0.15, 0.2) is 91.1 Å². The summed E-state index contributed by atoms with van der Waals surface area (Å²) in [4.78, 5) is 20.2. The van der Waals surface area contributed by atoms with Crippen molar-refractivity contribution in [1.82, 2.24) is 9.88 Å². The van der Waals surface area contributed by atoms with Crippen LogP contribution in [0.5, 0.6) is 11.5 Å². The van der Waals surface area contributed by atoms with Gasteiger partial charge in [-0.1, -0.05) is 48.5 Å². The second-order valence-electron chi connectivity index (χ2n) is 9.05. The lowest BCUT2D eigenvalue weighted by Gasteiger charge is -2.25. The molecule has 4 aromatic rings. The molecule has 38 heavy (non-hydrogen) atoms. The molecule has 194 valence electrons. The summed E-state index contributed by atoms with van der Waals surface area (Å²) in [7, 11) is 1.62. The standard InChI is InChI=1S/C31H31N3O4/c1-36-27-11-5-10-26(21-27)33-30-28(12-6-14-32-30)31(35)34-15-16-37-17-18-38-29-13-3-2-9-25(29)20-23-7-4-8-24(19-23)22-34/h2-14,19,21H,15-18,20,22H2,1H3,(H,32,33). The number of nitrogens with one attached hydrogen (secondary N) is 1. The van der Waals surface area contributed by atoms with Crippen LogP contribution >= 0.6 is 0 Å². The highest BCUT2D eigenvalue weighted by atomic mass is 16.5. The third-order valence-corrected chi connectivity index (χ3v) is 6.38. The molecule has 1 amide bonds. The maximum Gasteiger partial charge on any atom is 0.257 e. The summed E-state index contributed by atoms with van der Waals surface area (Å²) in [6.07, 6.45) is 2.42. The summed E-state index contributed by atoms with van der Waals surface area (Å²) < 4.78 is 17.2. The van der Waals surface area contributed by atoms with Gasteiger partial charge in [-0.2, -0.15) is 0 Å². The zero-order valence-electron chi connectivity index (χ0n) is 21.4. The number of nitrogens with zero attached hydrogens (tertiary/aromatic N) is 2. The first kappa shape index (κ1) is 25.3. The van der Waals surface area contributed by atoms with Crippen LogP contribution in [0.4, 0.5) is 11.5 Å². The van der Waals surface area contributed by atoms with Crippen molar-refractivity contribution in [1.29, 1.82) is 0 Å². The minimum atomic E-state index is -0.119. The summed E-state index contributed by atoms with van der Waals surface area (Å²) in [6, 6.07) is 27.6. The Labute approximate surface area is 223 Å². The van der Waals surface area contributed by atoms with E-state index in [1.165, 1.54) is 5.56 Å². The van der Waals surface area contributed by atoms with E-state index in [-0.39, 0.29) is 5.91 Å². The van der Waals surface area contributed by atoms with Crippen LogP contribution in [0.3, 0.4) is 0 Å². The smallest absolute Gasteiger partial charge is 0.257 e. The average Bonchev–Trinajstić information content (AvgIpc) is 2.95. The second-order valence-corrected chi connectivity index (χ2v) is 9.05. The molecular formula is C31H31N3O4. The summed E-state index contributed by atoms with van der Waals surface area (Å²) in [5, 5.41) is 3.28. The molecule has 0 saturated carbocycles. The Morgan fingerprint density at radius 2 is 1.79 bits per heavy atom. The molecule has 1 aliphatic rings. The van der Waals surface area contributed by atoms with Crippen molar-refractivity contribution in [2.75, 3.05) is 38.8 Å². The normalized spacial score (nSPS) is 14.0. The number of amides is 1. The fourth-order valence-electron chi connectivity index (χ4n) is 4.49. The van der Waals surface area contributed by atoms with E-state index in [1.807, 2.05) is 53.4 Å². The van der Waals surface area contributed by atoms with E-state index in [1.54, 1.807) is 25.4 Å². The van der Waals surface area contributed by atoms with E-state index in [4.69, 9.17) is 14.2 Å². The number of hydrogen-bond donors (Lipinski definition) is 1. The number of benzene rings is 3. The fraction of sp³-hybridized carbons (Fsp3) is 0.226. The van der Waals surface area contributed by atoms with E-state index in [9.17, 15) is 4.79 Å². The SMILES string of the molecule is COc1cccc(Nc2ncccc2C(=O)N2CCOCCOc3ccccc3Cc3cccc(c3)C2)c1. The van der Waals surface area contributed by atoms with Gasteiger partial charge in [0.15, 0.2) is 0 Å². The van der Waals surface area contributed by atoms with E-state index in [0.717, 1.165) is 34.7 Å². The van der Waals surface area contributed by atoms with Crippen molar-refractivity contribution in [2.24, 2.45) is 0 Å². The minimum Gasteiger partial charge on any atom is -0.497 e. The molecule has 7 heteroatoms. The summed E-state index contributed by atoms with van der Waals surface area (Å²) in [5.41, 5.74) is 4.62. The van der Waals surface area contributed by atoms with Gasteiger partial charge in [-0.25, -0.2) is 4.98 Å². The maximum absolute atomic E-state index is 13.9. The number of ether oxygens (including phenoxy) is 3. The summed E-state index contributed by atoms with van der Waals surface area (Å²) >= 11 is 0. The predicted octanol–water partition coefficient (Wildman–Crippen LogP) is 5.48. The molecule has 7 nitrogen and oxygen atoms in total. The summed E-state index contributed by atoms with van der Waals surface area (Å²) in [5.74, 6) is 1.97. The third kappa shape index (κ3) is 6.30. The lowest BCUT2D eigenvalue weighted by Crippen LogP contribution is -2.34. The van der Waals surface area contributed by atoms with Crippen molar-refractivity contribution in [3.8, 4) is 11.5 Å². The molecule has 0 atom stereocenters. The van der Waals surface area contributed by atoms with E-state index >= 15 is 0 Å². The number of carbonyl (C=O) groups is 1. The van der Waals surface area contributed by atoms with Gasteiger partial charge in [-0.15, -0.1) is 0 Å². The Balaban J connectivity index is 1.41.